The normalized spacial score (nSPS) is 27.4. The van der Waals surface area contributed by atoms with Gasteiger partial charge in [0.05, 0.1) is 29.2 Å². The molecule has 0 aromatic heterocycles. The summed E-state index contributed by atoms with van der Waals surface area (Å²) < 4.78 is -0.801. The zero-order valence-electron chi connectivity index (χ0n) is 27.5. The Morgan fingerprint density at radius 2 is 1.71 bits per heavy atom. The van der Waals surface area contributed by atoms with Gasteiger partial charge in [-0.1, -0.05) is 48.9 Å². The molecule has 1 N–H and O–H groups in total. The molecular weight excluding hydrogens is 652 g/mol. The van der Waals surface area contributed by atoms with Gasteiger partial charge < -0.3 is 24.7 Å². The molecule has 3 heterocycles. The Kier molecular flexibility index (Phi) is 11.9. The zero-order chi connectivity index (χ0) is 33.1. The van der Waals surface area contributed by atoms with E-state index < -0.39 is 28.7 Å². The van der Waals surface area contributed by atoms with E-state index in [0.717, 1.165) is 30.9 Å². The largest absolute Gasteiger partial charge is 0.394 e. The van der Waals surface area contributed by atoms with Gasteiger partial charge in [-0.2, -0.15) is 0 Å². The van der Waals surface area contributed by atoms with E-state index in [4.69, 9.17) is 0 Å². The molecular formula is C35H51BrN4O4S. The minimum Gasteiger partial charge on any atom is -0.394 e. The number of amides is 3. The van der Waals surface area contributed by atoms with Gasteiger partial charge in [0, 0.05) is 54.2 Å². The Hall–Kier alpha value is -2.30. The summed E-state index contributed by atoms with van der Waals surface area (Å²) in [5.74, 6) is -1.45. The predicted molar refractivity (Wildman–Crippen MR) is 189 cm³/mol. The van der Waals surface area contributed by atoms with E-state index in [2.05, 4.69) is 61.7 Å². The van der Waals surface area contributed by atoms with Crippen molar-refractivity contribution in [1.29, 1.82) is 0 Å². The molecule has 1 aromatic carbocycles. The number of aliphatic hydroxyl groups is 1. The van der Waals surface area contributed by atoms with Gasteiger partial charge in [-0.3, -0.25) is 14.4 Å². The summed E-state index contributed by atoms with van der Waals surface area (Å²) in [5, 5.41) is 10.6. The maximum atomic E-state index is 15.0. The molecule has 3 saturated heterocycles. The fourth-order valence-electron chi connectivity index (χ4n) is 7.80. The van der Waals surface area contributed by atoms with Gasteiger partial charge >= 0.3 is 0 Å². The molecule has 1 aromatic rings. The molecule has 7 atom stereocenters. The molecule has 0 aliphatic carbocycles. The first kappa shape index (κ1) is 35.6. The van der Waals surface area contributed by atoms with Crippen LogP contribution in [0.25, 0.3) is 0 Å². The number of anilines is 2. The highest BCUT2D eigenvalue weighted by Gasteiger charge is 2.76. The third-order valence-corrected chi connectivity index (χ3v) is 12.8. The number of nitrogens with zero attached hydrogens (tertiary/aromatic N) is 4. The van der Waals surface area contributed by atoms with Gasteiger partial charge in [-0.15, -0.1) is 24.9 Å². The van der Waals surface area contributed by atoms with E-state index in [9.17, 15) is 14.7 Å². The molecule has 2 bridgehead atoms. The number of thioether (sulfide) groups is 1. The monoisotopic (exact) mass is 702 g/mol. The topological polar surface area (TPSA) is 84.4 Å². The Morgan fingerprint density at radius 1 is 1.09 bits per heavy atom. The van der Waals surface area contributed by atoms with Crippen molar-refractivity contribution in [3.05, 3.63) is 49.6 Å². The summed E-state index contributed by atoms with van der Waals surface area (Å²) in [6.45, 7) is 21.0. The van der Waals surface area contributed by atoms with E-state index in [1.807, 2.05) is 31.2 Å². The van der Waals surface area contributed by atoms with Crippen LogP contribution in [0.1, 0.15) is 53.9 Å². The van der Waals surface area contributed by atoms with Crippen LogP contribution in [0.15, 0.2) is 49.6 Å². The number of hydrogen-bond donors (Lipinski definition) is 1. The lowest BCUT2D eigenvalue weighted by Crippen LogP contribution is -2.58. The first-order valence-corrected chi connectivity index (χ1v) is 18.3. The van der Waals surface area contributed by atoms with E-state index in [1.54, 1.807) is 38.6 Å². The summed E-state index contributed by atoms with van der Waals surface area (Å²) in [4.78, 5) is 51.4. The number of likely N-dealkylation sites (tertiary alicyclic amines) is 1. The van der Waals surface area contributed by atoms with Crippen molar-refractivity contribution in [3.8, 4) is 0 Å². The SMILES string of the molecule is C=CCN(CCC)C(=O)[C@H]1[C@@H]2SC3(CC2Br)C(C(=O)N(CC=C)c2ccc(N(CC)CC)cc2)N([C@@H](CO)CC(C)C)C(=O)[C@H]13. The van der Waals surface area contributed by atoms with Crippen LogP contribution >= 0.6 is 27.7 Å². The van der Waals surface area contributed by atoms with Gasteiger partial charge in [0.15, 0.2) is 0 Å². The minimum absolute atomic E-state index is 0.0261. The maximum Gasteiger partial charge on any atom is 0.251 e. The number of benzene rings is 1. The highest BCUT2D eigenvalue weighted by Crippen LogP contribution is 2.68. The second kappa shape index (κ2) is 15.1. The van der Waals surface area contributed by atoms with Gasteiger partial charge in [0.1, 0.15) is 6.04 Å². The van der Waals surface area contributed by atoms with Crippen LogP contribution < -0.4 is 9.80 Å². The van der Waals surface area contributed by atoms with E-state index in [-0.39, 0.29) is 46.9 Å². The van der Waals surface area contributed by atoms with Gasteiger partial charge in [-0.05, 0) is 63.3 Å². The van der Waals surface area contributed by atoms with Crippen molar-refractivity contribution in [1.82, 2.24) is 9.80 Å². The Labute approximate surface area is 282 Å². The number of rotatable bonds is 16. The van der Waals surface area contributed by atoms with Crippen LogP contribution in [0.5, 0.6) is 0 Å². The molecule has 4 rings (SSSR count). The third-order valence-electron chi connectivity index (χ3n) is 9.62. The highest BCUT2D eigenvalue weighted by molar-refractivity contribution is 9.09. The van der Waals surface area contributed by atoms with Crippen molar-refractivity contribution >= 4 is 56.8 Å². The minimum atomic E-state index is -0.833. The predicted octanol–water partition coefficient (Wildman–Crippen LogP) is 5.35. The number of aliphatic hydroxyl groups excluding tert-OH is 1. The maximum absolute atomic E-state index is 15.0. The summed E-state index contributed by atoms with van der Waals surface area (Å²) in [6, 6.07) is 6.60. The molecule has 0 saturated carbocycles. The van der Waals surface area contributed by atoms with Crippen molar-refractivity contribution in [2.75, 3.05) is 49.1 Å². The van der Waals surface area contributed by atoms with Gasteiger partial charge in [-0.25, -0.2) is 0 Å². The number of halogens is 1. The van der Waals surface area contributed by atoms with Crippen LogP contribution in [-0.4, -0.2) is 98.9 Å². The lowest BCUT2D eigenvalue weighted by molar-refractivity contribution is -0.145. The summed E-state index contributed by atoms with van der Waals surface area (Å²) in [7, 11) is 0. The number of carbonyl (C=O) groups excluding carboxylic acids is 3. The molecule has 3 aliphatic heterocycles. The number of alkyl halides is 1. The molecule has 0 radical (unpaired) electrons. The molecule has 3 aliphatic rings. The summed E-state index contributed by atoms with van der Waals surface area (Å²) in [5.41, 5.74) is 1.81. The molecule has 3 unspecified atom stereocenters. The lowest BCUT2D eigenvalue weighted by atomic mass is 9.70. The average Bonchev–Trinajstić information content (AvgIpc) is 3.62. The van der Waals surface area contributed by atoms with Gasteiger partial charge in [0.25, 0.3) is 5.91 Å². The molecule has 45 heavy (non-hydrogen) atoms. The molecule has 10 heteroatoms. The van der Waals surface area contributed by atoms with Crippen LogP contribution in [0, 0.1) is 17.8 Å². The molecule has 3 fully saturated rings. The molecule has 3 amide bonds. The summed E-state index contributed by atoms with van der Waals surface area (Å²) in [6.07, 6.45) is 5.38. The van der Waals surface area contributed by atoms with Crippen molar-refractivity contribution in [3.63, 3.8) is 0 Å². The van der Waals surface area contributed by atoms with Gasteiger partial charge in [0.2, 0.25) is 11.8 Å². The van der Waals surface area contributed by atoms with Crippen LogP contribution in [0.3, 0.4) is 0 Å². The molecule has 1 spiro atoms. The Bertz CT molecular complexity index is 1240. The number of carbonyl (C=O) groups is 3. The highest BCUT2D eigenvalue weighted by atomic mass is 79.9. The molecule has 8 nitrogen and oxygen atoms in total. The zero-order valence-corrected chi connectivity index (χ0v) is 29.9. The molecule has 248 valence electrons. The quantitative estimate of drug-likeness (QED) is 0.185. The number of fused-ring (bicyclic) bond motifs is 1. The second-order valence-corrected chi connectivity index (χ2v) is 15.6. The second-order valence-electron chi connectivity index (χ2n) is 12.9. The van der Waals surface area contributed by atoms with Crippen molar-refractivity contribution in [2.24, 2.45) is 17.8 Å². The first-order valence-electron chi connectivity index (χ1n) is 16.5. The third kappa shape index (κ3) is 6.48. The smallest absolute Gasteiger partial charge is 0.251 e. The first-order chi connectivity index (χ1) is 21.5. The van der Waals surface area contributed by atoms with E-state index >= 15 is 4.79 Å². The summed E-state index contributed by atoms with van der Waals surface area (Å²) >= 11 is 5.52. The fourth-order valence-corrected chi connectivity index (χ4v) is 11.4. The van der Waals surface area contributed by atoms with Crippen molar-refractivity contribution < 1.29 is 19.5 Å². The van der Waals surface area contributed by atoms with E-state index in [1.165, 1.54) is 0 Å². The standard InChI is InChI=1S/C35H51BrN4O4S/c1-8-17-38(18-9-2)32(42)28-29-33(43)40(26(22-41)20-23(6)7)31(35(29)21-27(36)30(28)45-35)34(44)39(19-10-3)25-15-13-24(14-16-25)37(11-4)12-5/h8,10,13-16,23,26-31,41H,1,3,9,11-12,17-22H2,2,4-7H3/t26-,27?,28-,29+,30-,31?,35?/m1/s1. The van der Waals surface area contributed by atoms with Crippen molar-refractivity contribution in [2.45, 2.75) is 80.8 Å². The Morgan fingerprint density at radius 3 is 2.24 bits per heavy atom. The average molecular weight is 704 g/mol. The van der Waals surface area contributed by atoms with Crippen LogP contribution in [0.2, 0.25) is 0 Å². The van der Waals surface area contributed by atoms with E-state index in [0.29, 0.717) is 25.9 Å². The lowest BCUT2D eigenvalue weighted by Gasteiger charge is -2.40. The fraction of sp³-hybridized carbons (Fsp3) is 0.629. The number of hydrogen-bond acceptors (Lipinski definition) is 6. The Balaban J connectivity index is 1.82. The van der Waals surface area contributed by atoms with Crippen LogP contribution in [0.4, 0.5) is 11.4 Å². The van der Waals surface area contributed by atoms with Crippen LogP contribution in [-0.2, 0) is 14.4 Å².